The van der Waals surface area contributed by atoms with E-state index in [1.807, 2.05) is 18.2 Å². The Morgan fingerprint density at radius 3 is 2.59 bits per heavy atom. The molecule has 0 fully saturated rings. The molecule has 0 spiro atoms. The van der Waals surface area contributed by atoms with Crippen LogP contribution in [0.25, 0.3) is 0 Å². The summed E-state index contributed by atoms with van der Waals surface area (Å²) in [6.45, 7) is 2.01. The normalized spacial score (nSPS) is 11.9. The summed E-state index contributed by atoms with van der Waals surface area (Å²) in [7, 11) is 0. The molecule has 5 heteroatoms. The highest BCUT2D eigenvalue weighted by Gasteiger charge is 2.09. The lowest BCUT2D eigenvalue weighted by molar-refractivity contribution is 0.295. The Hall–Kier alpha value is -1.42. The average molecular weight is 339 g/mol. The first-order chi connectivity index (χ1) is 10.7. The van der Waals surface area contributed by atoms with Crippen LogP contribution in [0.4, 0.5) is 4.39 Å². The third-order valence-corrected chi connectivity index (χ3v) is 3.83. The fourth-order valence-corrected chi connectivity index (χ4v) is 2.37. The van der Waals surface area contributed by atoms with E-state index in [0.717, 1.165) is 24.2 Å². The summed E-state index contributed by atoms with van der Waals surface area (Å²) >= 11 is 11.7. The second kappa shape index (κ2) is 8.89. The van der Waals surface area contributed by atoms with E-state index < -0.39 is 0 Å². The van der Waals surface area contributed by atoms with E-state index in [9.17, 15) is 4.39 Å². The second-order valence-corrected chi connectivity index (χ2v) is 5.67. The standard InChI is InChI=1S/C17H17Cl2FN2/c18-11-15(19)13-22(10-8-17-3-1-2-9-21-17)12-14-4-6-16(20)7-5-14/h1-7,9,11H,8,10,12-13H2. The van der Waals surface area contributed by atoms with Gasteiger partial charge in [-0.3, -0.25) is 9.88 Å². The molecule has 1 heterocycles. The number of hydrogen-bond donors (Lipinski definition) is 0. The molecule has 1 aromatic carbocycles. The third kappa shape index (κ3) is 5.76. The number of aromatic nitrogens is 1. The molecule has 0 saturated carbocycles. The highest BCUT2D eigenvalue weighted by Crippen LogP contribution is 2.12. The molecule has 0 saturated heterocycles. The summed E-state index contributed by atoms with van der Waals surface area (Å²) in [5, 5.41) is 0.574. The van der Waals surface area contributed by atoms with Crippen LogP contribution in [0.2, 0.25) is 0 Å². The minimum absolute atomic E-state index is 0.234. The smallest absolute Gasteiger partial charge is 0.123 e. The Balaban J connectivity index is 2.00. The molecule has 0 radical (unpaired) electrons. The van der Waals surface area contributed by atoms with Crippen LogP contribution in [-0.4, -0.2) is 23.0 Å². The van der Waals surface area contributed by atoms with Crippen LogP contribution >= 0.6 is 23.2 Å². The van der Waals surface area contributed by atoms with Gasteiger partial charge in [-0.15, -0.1) is 0 Å². The Morgan fingerprint density at radius 2 is 1.95 bits per heavy atom. The van der Waals surface area contributed by atoms with Gasteiger partial charge < -0.3 is 0 Å². The summed E-state index contributed by atoms with van der Waals surface area (Å²) in [4.78, 5) is 6.47. The van der Waals surface area contributed by atoms with Crippen molar-refractivity contribution in [3.8, 4) is 0 Å². The molecular formula is C17H17Cl2FN2. The summed E-state index contributed by atoms with van der Waals surface area (Å²) in [6.07, 6.45) is 2.60. The third-order valence-electron chi connectivity index (χ3n) is 3.22. The molecule has 0 aliphatic carbocycles. The number of halogens is 3. The van der Waals surface area contributed by atoms with Crippen molar-refractivity contribution in [2.45, 2.75) is 13.0 Å². The van der Waals surface area contributed by atoms with Crippen LogP contribution in [-0.2, 0) is 13.0 Å². The lowest BCUT2D eigenvalue weighted by atomic mass is 10.2. The Morgan fingerprint density at radius 1 is 1.18 bits per heavy atom. The summed E-state index contributed by atoms with van der Waals surface area (Å²) < 4.78 is 13.0. The Labute approximate surface area is 140 Å². The minimum atomic E-state index is -0.234. The van der Waals surface area contributed by atoms with Crippen molar-refractivity contribution in [2.24, 2.45) is 0 Å². The number of benzene rings is 1. The fraction of sp³-hybridized carbons (Fsp3) is 0.235. The first-order valence-electron chi connectivity index (χ1n) is 6.99. The lowest BCUT2D eigenvalue weighted by Gasteiger charge is -2.22. The first-order valence-corrected chi connectivity index (χ1v) is 7.80. The average Bonchev–Trinajstić information content (AvgIpc) is 2.55. The van der Waals surface area contributed by atoms with Crippen LogP contribution in [0, 0.1) is 5.82 Å². The fourth-order valence-electron chi connectivity index (χ4n) is 2.13. The van der Waals surface area contributed by atoms with Gasteiger partial charge >= 0.3 is 0 Å². The molecule has 0 atom stereocenters. The maximum absolute atomic E-state index is 13.0. The number of hydrogen-bond acceptors (Lipinski definition) is 2. The number of nitrogens with zero attached hydrogens (tertiary/aromatic N) is 2. The van der Waals surface area contributed by atoms with Crippen LogP contribution in [0.1, 0.15) is 11.3 Å². The molecule has 2 aromatic rings. The van der Waals surface area contributed by atoms with E-state index in [1.165, 1.54) is 17.7 Å². The number of pyridine rings is 1. The van der Waals surface area contributed by atoms with E-state index in [4.69, 9.17) is 23.2 Å². The summed E-state index contributed by atoms with van der Waals surface area (Å²) in [5.41, 5.74) is 3.43. The predicted molar refractivity (Wildman–Crippen MR) is 89.4 cm³/mol. The molecule has 116 valence electrons. The van der Waals surface area contributed by atoms with E-state index in [-0.39, 0.29) is 5.82 Å². The zero-order valence-electron chi connectivity index (χ0n) is 12.1. The molecule has 0 unspecified atom stereocenters. The summed E-state index contributed by atoms with van der Waals surface area (Å²) in [5.74, 6) is -0.234. The Bertz CT molecular complexity index is 600. The molecule has 0 bridgehead atoms. The monoisotopic (exact) mass is 338 g/mol. The molecule has 2 rings (SSSR count). The van der Waals surface area contributed by atoms with Crippen molar-refractivity contribution in [3.05, 3.63) is 76.3 Å². The van der Waals surface area contributed by atoms with Crippen molar-refractivity contribution in [1.29, 1.82) is 0 Å². The van der Waals surface area contributed by atoms with Gasteiger partial charge in [0.1, 0.15) is 5.82 Å². The second-order valence-electron chi connectivity index (χ2n) is 4.96. The maximum Gasteiger partial charge on any atom is 0.123 e. The van der Waals surface area contributed by atoms with E-state index in [1.54, 1.807) is 18.3 Å². The molecule has 22 heavy (non-hydrogen) atoms. The van der Waals surface area contributed by atoms with E-state index in [0.29, 0.717) is 18.1 Å². The lowest BCUT2D eigenvalue weighted by Crippen LogP contribution is -2.27. The van der Waals surface area contributed by atoms with Crippen molar-refractivity contribution in [1.82, 2.24) is 9.88 Å². The predicted octanol–water partition coefficient (Wildman–Crippen LogP) is 4.58. The minimum Gasteiger partial charge on any atom is -0.294 e. The van der Waals surface area contributed by atoms with Gasteiger partial charge in [-0.1, -0.05) is 41.4 Å². The zero-order chi connectivity index (χ0) is 15.8. The van der Waals surface area contributed by atoms with E-state index in [2.05, 4.69) is 9.88 Å². The van der Waals surface area contributed by atoms with Gasteiger partial charge in [-0.25, -0.2) is 4.39 Å². The van der Waals surface area contributed by atoms with Crippen LogP contribution in [0.3, 0.4) is 0 Å². The van der Waals surface area contributed by atoms with Gasteiger partial charge in [0.15, 0.2) is 0 Å². The molecule has 0 aliphatic heterocycles. The van der Waals surface area contributed by atoms with Gasteiger partial charge in [-0.05, 0) is 29.8 Å². The number of rotatable bonds is 7. The molecular weight excluding hydrogens is 322 g/mol. The quantitative estimate of drug-likeness (QED) is 0.734. The van der Waals surface area contributed by atoms with Crippen molar-refractivity contribution in [2.75, 3.05) is 13.1 Å². The van der Waals surface area contributed by atoms with Crippen molar-refractivity contribution >= 4 is 23.2 Å². The largest absolute Gasteiger partial charge is 0.294 e. The van der Waals surface area contributed by atoms with Crippen LogP contribution < -0.4 is 0 Å². The van der Waals surface area contributed by atoms with Gasteiger partial charge in [0.05, 0.1) is 0 Å². The van der Waals surface area contributed by atoms with Crippen molar-refractivity contribution < 1.29 is 4.39 Å². The van der Waals surface area contributed by atoms with Gasteiger partial charge in [0, 0.05) is 48.5 Å². The first kappa shape index (κ1) is 16.9. The Kier molecular flexibility index (Phi) is 6.84. The molecule has 0 aliphatic rings. The van der Waals surface area contributed by atoms with Crippen molar-refractivity contribution in [3.63, 3.8) is 0 Å². The summed E-state index contributed by atoms with van der Waals surface area (Å²) in [6, 6.07) is 12.3. The molecule has 0 N–H and O–H groups in total. The van der Waals surface area contributed by atoms with Crippen LogP contribution in [0.15, 0.2) is 59.2 Å². The maximum atomic E-state index is 13.0. The van der Waals surface area contributed by atoms with Gasteiger partial charge in [-0.2, -0.15) is 0 Å². The molecule has 1 aromatic heterocycles. The van der Waals surface area contributed by atoms with Gasteiger partial charge in [0.25, 0.3) is 0 Å². The SMILES string of the molecule is Fc1ccc(CN(CCc2ccccn2)CC(Cl)=CCl)cc1. The van der Waals surface area contributed by atoms with E-state index >= 15 is 0 Å². The van der Waals surface area contributed by atoms with Crippen LogP contribution in [0.5, 0.6) is 0 Å². The zero-order valence-corrected chi connectivity index (χ0v) is 13.6. The highest BCUT2D eigenvalue weighted by atomic mass is 35.5. The topological polar surface area (TPSA) is 16.1 Å². The molecule has 0 amide bonds. The molecule has 2 nitrogen and oxygen atoms in total. The highest BCUT2D eigenvalue weighted by molar-refractivity contribution is 6.36. The van der Waals surface area contributed by atoms with Gasteiger partial charge in [0.2, 0.25) is 0 Å².